The molecule has 1 aromatic rings. The number of rotatable bonds is 7. The van der Waals surface area contributed by atoms with E-state index in [1.54, 1.807) is 19.2 Å². The third-order valence-corrected chi connectivity index (χ3v) is 2.48. The molecule has 0 bridgehead atoms. The molecule has 0 saturated carbocycles. The van der Waals surface area contributed by atoms with Gasteiger partial charge in [0.1, 0.15) is 0 Å². The predicted octanol–water partition coefficient (Wildman–Crippen LogP) is 2.27. The second-order valence-corrected chi connectivity index (χ2v) is 3.69. The van der Waals surface area contributed by atoms with E-state index in [1.807, 2.05) is 25.5 Å². The zero-order valence-corrected chi connectivity index (χ0v) is 11.4. The van der Waals surface area contributed by atoms with Crippen LogP contribution >= 0.6 is 0 Å². The monoisotopic (exact) mass is 255 g/mol. The van der Waals surface area contributed by atoms with Crippen molar-refractivity contribution >= 4 is 5.97 Å². The zero-order valence-electron chi connectivity index (χ0n) is 11.4. The summed E-state index contributed by atoms with van der Waals surface area (Å²) in [6, 6.07) is 1.72. The molecule has 0 atom stereocenters. The molecule has 5 heteroatoms. The average Bonchev–Trinajstić information content (AvgIpc) is 2.71. The van der Waals surface area contributed by atoms with Gasteiger partial charge in [-0.2, -0.15) is 0 Å². The summed E-state index contributed by atoms with van der Waals surface area (Å²) in [6.45, 7) is 6.93. The van der Waals surface area contributed by atoms with Gasteiger partial charge in [-0.3, -0.25) is 0 Å². The van der Waals surface area contributed by atoms with Crippen molar-refractivity contribution in [2.24, 2.45) is 7.05 Å². The molecule has 1 heterocycles. The second-order valence-electron chi connectivity index (χ2n) is 3.69. The maximum atomic E-state index is 11.8. The minimum atomic E-state index is -0.542. The first kappa shape index (κ1) is 14.7. The minimum absolute atomic E-state index is 0.348. The Kier molecular flexibility index (Phi) is 5.88. The fourth-order valence-corrected chi connectivity index (χ4v) is 1.73. The third kappa shape index (κ3) is 3.34. The van der Waals surface area contributed by atoms with Gasteiger partial charge >= 0.3 is 5.97 Å². The van der Waals surface area contributed by atoms with Crippen molar-refractivity contribution in [2.45, 2.75) is 27.1 Å². The van der Waals surface area contributed by atoms with Crippen LogP contribution in [0, 0.1) is 0 Å². The van der Waals surface area contributed by atoms with E-state index in [1.165, 1.54) is 0 Å². The molecule has 0 fully saturated rings. The lowest BCUT2D eigenvalue weighted by atomic mass is 10.2. The fraction of sp³-hybridized carbons (Fsp3) is 0.615. The number of hydrogen-bond donors (Lipinski definition) is 0. The lowest BCUT2D eigenvalue weighted by molar-refractivity contribution is -0.144. The van der Waals surface area contributed by atoms with Gasteiger partial charge in [-0.15, -0.1) is 0 Å². The fourth-order valence-electron chi connectivity index (χ4n) is 1.73. The number of hydrogen-bond acceptors (Lipinski definition) is 4. The molecule has 18 heavy (non-hydrogen) atoms. The molecule has 0 aromatic carbocycles. The van der Waals surface area contributed by atoms with Crippen LogP contribution in [0.2, 0.25) is 0 Å². The van der Waals surface area contributed by atoms with Crippen LogP contribution in [-0.4, -0.2) is 30.4 Å². The Bertz CT molecular complexity index is 380. The molecule has 0 saturated heterocycles. The van der Waals surface area contributed by atoms with Crippen molar-refractivity contribution in [3.63, 3.8) is 0 Å². The first-order valence-electron chi connectivity index (χ1n) is 6.21. The molecule has 0 N–H and O–H groups in total. The number of aryl methyl sites for hydroxylation is 1. The highest BCUT2D eigenvalue weighted by Crippen LogP contribution is 2.24. The number of esters is 1. The maximum absolute atomic E-state index is 11.8. The van der Waals surface area contributed by atoms with E-state index in [-0.39, 0.29) is 5.97 Å². The predicted molar refractivity (Wildman–Crippen MR) is 67.4 cm³/mol. The molecule has 0 radical (unpaired) electrons. The summed E-state index contributed by atoms with van der Waals surface area (Å²) >= 11 is 0. The standard InChI is InChI=1S/C13H21NO4/c1-5-16-12(15)10-8-9-14(4)11(10)13(17-6-2)18-7-3/h8-9,13H,5-7H2,1-4H3. The van der Waals surface area contributed by atoms with E-state index in [2.05, 4.69) is 0 Å². The van der Waals surface area contributed by atoms with Crippen molar-refractivity contribution in [3.8, 4) is 0 Å². The van der Waals surface area contributed by atoms with Crippen LogP contribution in [0.5, 0.6) is 0 Å². The molecular formula is C13H21NO4. The van der Waals surface area contributed by atoms with Crippen LogP contribution in [0.25, 0.3) is 0 Å². The van der Waals surface area contributed by atoms with E-state index in [0.29, 0.717) is 31.1 Å². The van der Waals surface area contributed by atoms with Crippen LogP contribution in [0.3, 0.4) is 0 Å². The van der Waals surface area contributed by atoms with Crippen molar-refractivity contribution in [1.82, 2.24) is 4.57 Å². The van der Waals surface area contributed by atoms with E-state index in [0.717, 1.165) is 0 Å². The third-order valence-electron chi connectivity index (χ3n) is 2.48. The average molecular weight is 255 g/mol. The Hall–Kier alpha value is -1.33. The highest BCUT2D eigenvalue weighted by atomic mass is 16.7. The van der Waals surface area contributed by atoms with Gasteiger partial charge < -0.3 is 18.8 Å². The van der Waals surface area contributed by atoms with E-state index >= 15 is 0 Å². The van der Waals surface area contributed by atoms with Gasteiger partial charge in [0.05, 0.1) is 17.9 Å². The van der Waals surface area contributed by atoms with Crippen molar-refractivity contribution in [3.05, 3.63) is 23.5 Å². The van der Waals surface area contributed by atoms with Crippen molar-refractivity contribution in [2.75, 3.05) is 19.8 Å². The largest absolute Gasteiger partial charge is 0.462 e. The Morgan fingerprint density at radius 1 is 1.22 bits per heavy atom. The van der Waals surface area contributed by atoms with Crippen LogP contribution in [0.4, 0.5) is 0 Å². The van der Waals surface area contributed by atoms with Gasteiger partial charge in [-0.1, -0.05) is 0 Å². The maximum Gasteiger partial charge on any atom is 0.340 e. The number of aromatic nitrogens is 1. The summed E-state index contributed by atoms with van der Waals surface area (Å²) in [5, 5.41) is 0. The summed E-state index contributed by atoms with van der Waals surface area (Å²) in [6.07, 6.45) is 1.26. The highest BCUT2D eigenvalue weighted by molar-refractivity contribution is 5.91. The molecule has 0 aliphatic carbocycles. The summed E-state index contributed by atoms with van der Waals surface area (Å²) in [4.78, 5) is 11.8. The topological polar surface area (TPSA) is 49.7 Å². The minimum Gasteiger partial charge on any atom is -0.462 e. The Labute approximate surface area is 108 Å². The van der Waals surface area contributed by atoms with Gasteiger partial charge in [-0.05, 0) is 26.8 Å². The van der Waals surface area contributed by atoms with Crippen molar-refractivity contribution < 1.29 is 19.0 Å². The molecule has 5 nitrogen and oxygen atoms in total. The van der Waals surface area contributed by atoms with Crippen LogP contribution in [-0.2, 0) is 21.3 Å². The Morgan fingerprint density at radius 2 is 1.83 bits per heavy atom. The SMILES string of the molecule is CCOC(=O)c1ccn(C)c1C(OCC)OCC. The molecule has 1 rings (SSSR count). The van der Waals surface area contributed by atoms with Crippen LogP contribution < -0.4 is 0 Å². The normalized spacial score (nSPS) is 10.9. The van der Waals surface area contributed by atoms with E-state index < -0.39 is 6.29 Å². The Balaban J connectivity index is 3.03. The van der Waals surface area contributed by atoms with Crippen LogP contribution in [0.15, 0.2) is 12.3 Å². The smallest absolute Gasteiger partial charge is 0.340 e. The molecule has 0 aliphatic rings. The first-order chi connectivity index (χ1) is 8.65. The first-order valence-corrected chi connectivity index (χ1v) is 6.21. The molecular weight excluding hydrogens is 234 g/mol. The lowest BCUT2D eigenvalue weighted by Gasteiger charge is -2.19. The number of carbonyl (C=O) groups excluding carboxylic acids is 1. The molecule has 1 aromatic heterocycles. The molecule has 0 amide bonds. The number of carbonyl (C=O) groups is 1. The molecule has 0 spiro atoms. The van der Waals surface area contributed by atoms with Crippen LogP contribution in [0.1, 0.15) is 43.1 Å². The number of nitrogens with zero attached hydrogens (tertiary/aromatic N) is 1. The lowest BCUT2D eigenvalue weighted by Crippen LogP contribution is -2.17. The molecule has 102 valence electrons. The number of ether oxygens (including phenoxy) is 3. The van der Waals surface area contributed by atoms with Gasteiger partial charge in [0.2, 0.25) is 0 Å². The quantitative estimate of drug-likeness (QED) is 0.554. The highest BCUT2D eigenvalue weighted by Gasteiger charge is 2.24. The Morgan fingerprint density at radius 3 is 2.33 bits per heavy atom. The summed E-state index contributed by atoms with van der Waals surface area (Å²) in [5.41, 5.74) is 1.18. The molecule has 0 aliphatic heterocycles. The van der Waals surface area contributed by atoms with E-state index in [4.69, 9.17) is 14.2 Å². The van der Waals surface area contributed by atoms with Gasteiger partial charge in [0.25, 0.3) is 0 Å². The van der Waals surface area contributed by atoms with Gasteiger partial charge in [0.15, 0.2) is 6.29 Å². The van der Waals surface area contributed by atoms with Gasteiger partial charge in [0, 0.05) is 26.5 Å². The van der Waals surface area contributed by atoms with Crippen molar-refractivity contribution in [1.29, 1.82) is 0 Å². The van der Waals surface area contributed by atoms with E-state index in [9.17, 15) is 4.79 Å². The summed E-state index contributed by atoms with van der Waals surface area (Å²) < 4.78 is 17.9. The zero-order chi connectivity index (χ0) is 13.5. The summed E-state index contributed by atoms with van der Waals surface area (Å²) in [5.74, 6) is -0.350. The summed E-state index contributed by atoms with van der Waals surface area (Å²) in [7, 11) is 1.85. The van der Waals surface area contributed by atoms with Gasteiger partial charge in [-0.25, -0.2) is 4.79 Å². The molecule has 0 unspecified atom stereocenters. The second kappa shape index (κ2) is 7.18.